The number of hydrogen-bond donors (Lipinski definition) is 1. The predicted molar refractivity (Wildman–Crippen MR) is 71.6 cm³/mol. The van der Waals surface area contributed by atoms with Gasteiger partial charge in [0.15, 0.2) is 5.82 Å². The Kier molecular flexibility index (Phi) is 4.25. The van der Waals surface area contributed by atoms with Gasteiger partial charge in [-0.25, -0.2) is 9.97 Å². The summed E-state index contributed by atoms with van der Waals surface area (Å²) in [5.74, 6) is 1.56. The van der Waals surface area contributed by atoms with Crippen LogP contribution in [-0.2, 0) is 11.3 Å². The predicted octanol–water partition coefficient (Wildman–Crippen LogP) is 1.67. The molecule has 0 radical (unpaired) electrons. The molecule has 0 atom stereocenters. The third-order valence-electron chi connectivity index (χ3n) is 2.46. The fourth-order valence-corrected chi connectivity index (χ4v) is 1.64. The van der Waals surface area contributed by atoms with Gasteiger partial charge in [-0.3, -0.25) is 4.98 Å². The topological polar surface area (TPSA) is 83.2 Å². The van der Waals surface area contributed by atoms with Crippen LogP contribution in [0.2, 0.25) is 0 Å². The van der Waals surface area contributed by atoms with E-state index in [1.807, 2.05) is 13.0 Å². The van der Waals surface area contributed by atoms with Crippen molar-refractivity contribution in [2.75, 3.05) is 19.5 Å². The maximum absolute atomic E-state index is 5.78. The molecule has 0 saturated heterocycles. The second-order valence-corrected chi connectivity index (χ2v) is 3.79. The van der Waals surface area contributed by atoms with Crippen molar-refractivity contribution >= 4 is 5.82 Å². The highest BCUT2D eigenvalue weighted by molar-refractivity contribution is 5.64. The average Bonchev–Trinajstić information content (AvgIpc) is 2.44. The molecule has 0 aliphatic rings. The van der Waals surface area contributed by atoms with E-state index < -0.39 is 0 Å². The van der Waals surface area contributed by atoms with Gasteiger partial charge in [-0.05, 0) is 19.1 Å². The van der Waals surface area contributed by atoms with Gasteiger partial charge in [0.05, 0.1) is 12.8 Å². The molecule has 0 bridgehead atoms. The molecule has 0 spiro atoms. The zero-order valence-electron chi connectivity index (χ0n) is 11.0. The first kappa shape index (κ1) is 13.2. The lowest BCUT2D eigenvalue weighted by molar-refractivity contribution is 0.128. The molecule has 2 N–H and O–H groups in total. The van der Waals surface area contributed by atoms with E-state index in [1.165, 1.54) is 0 Å². The van der Waals surface area contributed by atoms with Crippen LogP contribution in [0.5, 0.6) is 5.75 Å². The summed E-state index contributed by atoms with van der Waals surface area (Å²) in [6.45, 7) is 2.83. The van der Waals surface area contributed by atoms with Gasteiger partial charge in [-0.2, -0.15) is 0 Å². The Bertz CT molecular complexity index is 560. The molecular formula is C13H16N4O2. The van der Waals surface area contributed by atoms with Gasteiger partial charge in [-0.15, -0.1) is 0 Å². The molecule has 0 fully saturated rings. The summed E-state index contributed by atoms with van der Waals surface area (Å²) in [5.41, 5.74) is 7.05. The molecule has 0 unspecified atom stereocenters. The molecule has 0 aliphatic carbocycles. The van der Waals surface area contributed by atoms with E-state index in [1.54, 1.807) is 25.4 Å². The lowest BCUT2D eigenvalue weighted by atomic mass is 10.2. The maximum Gasteiger partial charge on any atom is 0.157 e. The van der Waals surface area contributed by atoms with Crippen molar-refractivity contribution in [1.82, 2.24) is 15.0 Å². The van der Waals surface area contributed by atoms with Crippen LogP contribution in [0.25, 0.3) is 11.4 Å². The lowest BCUT2D eigenvalue weighted by Gasteiger charge is -2.08. The average molecular weight is 260 g/mol. The number of pyridine rings is 1. The molecule has 0 aliphatic heterocycles. The fraction of sp³-hybridized carbons (Fsp3) is 0.308. The summed E-state index contributed by atoms with van der Waals surface area (Å²) < 4.78 is 10.6. The molecule has 0 aromatic carbocycles. The van der Waals surface area contributed by atoms with Crippen LogP contribution in [0.4, 0.5) is 5.82 Å². The van der Waals surface area contributed by atoms with Gasteiger partial charge in [0.25, 0.3) is 0 Å². The number of nitrogens with zero attached hydrogens (tertiary/aromatic N) is 3. The molecule has 19 heavy (non-hydrogen) atoms. The molecule has 2 aromatic rings. The summed E-state index contributed by atoms with van der Waals surface area (Å²) in [6.07, 6.45) is 1.68. The minimum atomic E-state index is 0.323. The number of ether oxygens (including phenoxy) is 2. The van der Waals surface area contributed by atoms with Crippen LogP contribution in [0.1, 0.15) is 12.7 Å². The number of aromatic nitrogens is 3. The molecule has 2 heterocycles. The number of nitrogen functional groups attached to an aromatic ring is 1. The molecule has 6 heteroatoms. The Morgan fingerprint density at radius 1 is 1.32 bits per heavy atom. The summed E-state index contributed by atoms with van der Waals surface area (Å²) >= 11 is 0. The third kappa shape index (κ3) is 3.17. The SMILES string of the molecule is CCOCc1nc(N)cc(-c2ncccc2OC)n1. The molecule has 6 nitrogen and oxygen atoms in total. The molecule has 2 rings (SSSR count). The van der Waals surface area contributed by atoms with Crippen molar-refractivity contribution in [1.29, 1.82) is 0 Å². The minimum Gasteiger partial charge on any atom is -0.494 e. The molecule has 2 aromatic heterocycles. The zero-order chi connectivity index (χ0) is 13.7. The lowest BCUT2D eigenvalue weighted by Crippen LogP contribution is -2.04. The van der Waals surface area contributed by atoms with Crippen LogP contribution >= 0.6 is 0 Å². The monoisotopic (exact) mass is 260 g/mol. The van der Waals surface area contributed by atoms with Gasteiger partial charge < -0.3 is 15.2 Å². The second-order valence-electron chi connectivity index (χ2n) is 3.79. The Balaban J connectivity index is 2.41. The Morgan fingerprint density at radius 2 is 2.16 bits per heavy atom. The van der Waals surface area contributed by atoms with E-state index in [4.69, 9.17) is 15.2 Å². The fourth-order valence-electron chi connectivity index (χ4n) is 1.64. The van der Waals surface area contributed by atoms with Crippen LogP contribution in [0.15, 0.2) is 24.4 Å². The van der Waals surface area contributed by atoms with E-state index in [9.17, 15) is 0 Å². The number of nitrogens with two attached hydrogens (primary N) is 1. The van der Waals surface area contributed by atoms with Gasteiger partial charge in [-0.1, -0.05) is 0 Å². The van der Waals surface area contributed by atoms with Gasteiger partial charge in [0.2, 0.25) is 0 Å². The number of methoxy groups -OCH3 is 1. The summed E-state index contributed by atoms with van der Waals surface area (Å²) in [5, 5.41) is 0. The number of anilines is 1. The van der Waals surface area contributed by atoms with Crippen molar-refractivity contribution in [2.45, 2.75) is 13.5 Å². The first-order chi connectivity index (χ1) is 9.24. The maximum atomic E-state index is 5.78. The van der Waals surface area contributed by atoms with E-state index in [0.717, 1.165) is 0 Å². The Morgan fingerprint density at radius 3 is 2.89 bits per heavy atom. The highest BCUT2D eigenvalue weighted by Gasteiger charge is 2.11. The first-order valence-electron chi connectivity index (χ1n) is 5.95. The van der Waals surface area contributed by atoms with E-state index >= 15 is 0 Å². The van der Waals surface area contributed by atoms with Crippen molar-refractivity contribution in [3.05, 3.63) is 30.2 Å². The van der Waals surface area contributed by atoms with Gasteiger partial charge >= 0.3 is 0 Å². The zero-order valence-corrected chi connectivity index (χ0v) is 11.0. The van der Waals surface area contributed by atoms with Gasteiger partial charge in [0.1, 0.15) is 23.9 Å². The standard InChI is InChI=1S/C13H16N4O2/c1-3-19-8-12-16-9(7-11(14)17-12)13-10(18-2)5-4-6-15-13/h4-7H,3,8H2,1-2H3,(H2,14,16,17). The van der Waals surface area contributed by atoms with Crippen LogP contribution in [-0.4, -0.2) is 28.7 Å². The van der Waals surface area contributed by atoms with Crippen molar-refractivity contribution in [2.24, 2.45) is 0 Å². The van der Waals surface area contributed by atoms with Gasteiger partial charge in [0, 0.05) is 18.9 Å². The van der Waals surface area contributed by atoms with E-state index in [0.29, 0.717) is 42.0 Å². The normalized spacial score (nSPS) is 10.4. The number of rotatable bonds is 5. The third-order valence-corrected chi connectivity index (χ3v) is 2.46. The van der Waals surface area contributed by atoms with Crippen LogP contribution < -0.4 is 10.5 Å². The highest BCUT2D eigenvalue weighted by Crippen LogP contribution is 2.26. The minimum absolute atomic E-state index is 0.323. The first-order valence-corrected chi connectivity index (χ1v) is 5.95. The second kappa shape index (κ2) is 6.10. The van der Waals surface area contributed by atoms with Crippen molar-refractivity contribution < 1.29 is 9.47 Å². The van der Waals surface area contributed by atoms with E-state index in [-0.39, 0.29) is 0 Å². The number of hydrogen-bond acceptors (Lipinski definition) is 6. The highest BCUT2D eigenvalue weighted by atomic mass is 16.5. The summed E-state index contributed by atoms with van der Waals surface area (Å²) in [6, 6.07) is 5.29. The molecular weight excluding hydrogens is 244 g/mol. The Labute approximate surface area is 111 Å². The Hall–Kier alpha value is -2.21. The van der Waals surface area contributed by atoms with Crippen molar-refractivity contribution in [3.63, 3.8) is 0 Å². The van der Waals surface area contributed by atoms with Crippen LogP contribution in [0, 0.1) is 0 Å². The summed E-state index contributed by atoms with van der Waals surface area (Å²) in [4.78, 5) is 12.8. The van der Waals surface area contributed by atoms with E-state index in [2.05, 4.69) is 15.0 Å². The molecule has 100 valence electrons. The van der Waals surface area contributed by atoms with Crippen LogP contribution in [0.3, 0.4) is 0 Å². The smallest absolute Gasteiger partial charge is 0.157 e. The molecule has 0 saturated carbocycles. The molecule has 0 amide bonds. The largest absolute Gasteiger partial charge is 0.494 e. The summed E-state index contributed by atoms with van der Waals surface area (Å²) in [7, 11) is 1.59. The quantitative estimate of drug-likeness (QED) is 0.880. The van der Waals surface area contributed by atoms with Crippen molar-refractivity contribution in [3.8, 4) is 17.1 Å².